The lowest BCUT2D eigenvalue weighted by molar-refractivity contribution is 0.0140. The van der Waals surface area contributed by atoms with Crippen LogP contribution in [0.5, 0.6) is 0 Å². The summed E-state index contributed by atoms with van der Waals surface area (Å²) in [5, 5.41) is 0. The highest BCUT2D eigenvalue weighted by molar-refractivity contribution is 5.81. The van der Waals surface area contributed by atoms with Gasteiger partial charge in [0.15, 0.2) is 5.90 Å². The Labute approximate surface area is 128 Å². The van der Waals surface area contributed by atoms with Gasteiger partial charge in [0.2, 0.25) is 0 Å². The third kappa shape index (κ3) is 3.76. The lowest BCUT2D eigenvalue weighted by atomic mass is 9.94. The zero-order valence-electron chi connectivity index (χ0n) is 13.5. The molecular weight excluding hydrogens is 266 g/mol. The van der Waals surface area contributed by atoms with Crippen LogP contribution in [0.3, 0.4) is 0 Å². The number of aliphatic imine (C=N–C) groups is 1. The van der Waals surface area contributed by atoms with Gasteiger partial charge in [-0.25, -0.2) is 0 Å². The SMILES string of the molecule is COC1CCN(C)CC1C1=NCC(CN2CCCCC2)O1. The maximum Gasteiger partial charge on any atom is 0.190 e. The number of likely N-dealkylation sites (tertiary alicyclic amines) is 2. The number of piperidine rings is 2. The Balaban J connectivity index is 1.52. The summed E-state index contributed by atoms with van der Waals surface area (Å²) >= 11 is 0. The number of hydrogen-bond donors (Lipinski definition) is 0. The molecule has 0 radical (unpaired) electrons. The maximum absolute atomic E-state index is 6.19. The van der Waals surface area contributed by atoms with E-state index in [-0.39, 0.29) is 12.2 Å². The highest BCUT2D eigenvalue weighted by Gasteiger charge is 2.36. The first kappa shape index (κ1) is 15.3. The van der Waals surface area contributed by atoms with Gasteiger partial charge in [-0.15, -0.1) is 0 Å². The Morgan fingerprint density at radius 3 is 2.81 bits per heavy atom. The summed E-state index contributed by atoms with van der Waals surface area (Å²) in [6.07, 6.45) is 5.63. The van der Waals surface area contributed by atoms with Crippen molar-refractivity contribution in [3.63, 3.8) is 0 Å². The fraction of sp³-hybridized carbons (Fsp3) is 0.938. The van der Waals surface area contributed by atoms with E-state index in [4.69, 9.17) is 14.5 Å². The van der Waals surface area contributed by atoms with Crippen LogP contribution in [0.15, 0.2) is 4.99 Å². The average Bonchev–Trinajstić information content (AvgIpc) is 2.96. The van der Waals surface area contributed by atoms with E-state index >= 15 is 0 Å². The standard InChI is InChI=1S/C16H29N3O2/c1-18-9-6-15(20-2)14(12-18)16-17-10-13(21-16)11-19-7-4-3-5-8-19/h13-15H,3-12H2,1-2H3. The van der Waals surface area contributed by atoms with Crippen molar-refractivity contribution in [1.82, 2.24) is 9.80 Å². The van der Waals surface area contributed by atoms with Crippen LogP contribution in [0.25, 0.3) is 0 Å². The molecule has 0 aromatic heterocycles. The number of ether oxygens (including phenoxy) is 2. The lowest BCUT2D eigenvalue weighted by Crippen LogP contribution is -2.46. The highest BCUT2D eigenvalue weighted by atomic mass is 16.5. The van der Waals surface area contributed by atoms with E-state index in [1.54, 1.807) is 0 Å². The fourth-order valence-corrected chi connectivity index (χ4v) is 3.78. The minimum absolute atomic E-state index is 0.253. The normalized spacial score (nSPS) is 35.5. The zero-order chi connectivity index (χ0) is 14.7. The van der Waals surface area contributed by atoms with Crippen molar-refractivity contribution in [3.05, 3.63) is 0 Å². The Morgan fingerprint density at radius 2 is 2.05 bits per heavy atom. The maximum atomic E-state index is 6.19. The summed E-state index contributed by atoms with van der Waals surface area (Å²) in [6, 6.07) is 0. The van der Waals surface area contributed by atoms with E-state index in [0.29, 0.717) is 5.92 Å². The van der Waals surface area contributed by atoms with Gasteiger partial charge in [0.1, 0.15) is 6.10 Å². The molecule has 0 spiro atoms. The van der Waals surface area contributed by atoms with Crippen LogP contribution in [-0.2, 0) is 9.47 Å². The third-order valence-electron chi connectivity index (χ3n) is 5.02. The molecule has 120 valence electrons. The smallest absolute Gasteiger partial charge is 0.190 e. The quantitative estimate of drug-likeness (QED) is 0.782. The zero-order valence-corrected chi connectivity index (χ0v) is 13.5. The summed E-state index contributed by atoms with van der Waals surface area (Å²) in [4.78, 5) is 9.59. The average molecular weight is 295 g/mol. The Kier molecular flexibility index (Phi) is 5.14. The first-order valence-corrected chi connectivity index (χ1v) is 8.41. The van der Waals surface area contributed by atoms with Crippen molar-refractivity contribution in [2.24, 2.45) is 10.9 Å². The second-order valence-corrected chi connectivity index (χ2v) is 6.71. The van der Waals surface area contributed by atoms with Gasteiger partial charge < -0.3 is 14.4 Å². The predicted molar refractivity (Wildman–Crippen MR) is 83.9 cm³/mol. The molecule has 0 aromatic rings. The Bertz CT molecular complexity index is 369. The van der Waals surface area contributed by atoms with E-state index < -0.39 is 0 Å². The molecule has 21 heavy (non-hydrogen) atoms. The topological polar surface area (TPSA) is 37.3 Å². The van der Waals surface area contributed by atoms with Crippen molar-refractivity contribution in [2.45, 2.75) is 37.9 Å². The molecule has 0 N–H and O–H groups in total. The van der Waals surface area contributed by atoms with Crippen molar-refractivity contribution in [1.29, 1.82) is 0 Å². The van der Waals surface area contributed by atoms with Gasteiger partial charge in [-0.2, -0.15) is 0 Å². The molecule has 0 amide bonds. The molecule has 0 saturated carbocycles. The molecule has 2 fully saturated rings. The highest BCUT2D eigenvalue weighted by Crippen LogP contribution is 2.24. The Morgan fingerprint density at radius 1 is 1.24 bits per heavy atom. The largest absolute Gasteiger partial charge is 0.474 e. The molecule has 3 aliphatic rings. The molecular formula is C16H29N3O2. The van der Waals surface area contributed by atoms with Gasteiger partial charge in [0.05, 0.1) is 18.6 Å². The number of hydrogen-bond acceptors (Lipinski definition) is 5. The molecule has 0 bridgehead atoms. The van der Waals surface area contributed by atoms with Crippen molar-refractivity contribution >= 4 is 5.90 Å². The second-order valence-electron chi connectivity index (χ2n) is 6.71. The molecule has 3 heterocycles. The predicted octanol–water partition coefficient (Wildman–Crippen LogP) is 1.24. The first-order chi connectivity index (χ1) is 10.3. The van der Waals surface area contributed by atoms with Gasteiger partial charge in [-0.1, -0.05) is 6.42 Å². The minimum Gasteiger partial charge on any atom is -0.474 e. The van der Waals surface area contributed by atoms with Gasteiger partial charge in [-0.05, 0) is 39.4 Å². The van der Waals surface area contributed by atoms with E-state index in [2.05, 4.69) is 16.8 Å². The van der Waals surface area contributed by atoms with Crippen LogP contribution in [0.2, 0.25) is 0 Å². The number of methoxy groups -OCH3 is 1. The molecule has 0 aromatic carbocycles. The van der Waals surface area contributed by atoms with Crippen LogP contribution in [0.1, 0.15) is 25.7 Å². The van der Waals surface area contributed by atoms with Crippen molar-refractivity contribution in [2.75, 3.05) is 53.4 Å². The molecule has 3 rings (SSSR count). The van der Waals surface area contributed by atoms with E-state index in [9.17, 15) is 0 Å². The van der Waals surface area contributed by atoms with Gasteiger partial charge in [-0.3, -0.25) is 9.89 Å². The van der Waals surface area contributed by atoms with Gasteiger partial charge in [0, 0.05) is 26.7 Å². The second kappa shape index (κ2) is 7.07. The summed E-state index contributed by atoms with van der Waals surface area (Å²) in [7, 11) is 3.98. The summed E-state index contributed by atoms with van der Waals surface area (Å²) in [6.45, 7) is 6.40. The minimum atomic E-state index is 0.253. The van der Waals surface area contributed by atoms with Crippen LogP contribution in [0, 0.1) is 5.92 Å². The molecule has 3 atom stereocenters. The Hall–Kier alpha value is -0.650. The molecule has 3 aliphatic heterocycles. The first-order valence-electron chi connectivity index (χ1n) is 8.41. The van der Waals surface area contributed by atoms with Crippen LogP contribution < -0.4 is 0 Å². The van der Waals surface area contributed by atoms with Crippen molar-refractivity contribution in [3.8, 4) is 0 Å². The molecule has 0 aliphatic carbocycles. The fourth-order valence-electron chi connectivity index (χ4n) is 3.78. The molecule has 5 nitrogen and oxygen atoms in total. The summed E-state index contributed by atoms with van der Waals surface area (Å²) in [5.74, 6) is 1.25. The van der Waals surface area contributed by atoms with Gasteiger partial charge >= 0.3 is 0 Å². The van der Waals surface area contributed by atoms with Crippen molar-refractivity contribution < 1.29 is 9.47 Å². The molecule has 3 unspecified atom stereocenters. The van der Waals surface area contributed by atoms with Crippen LogP contribution in [-0.4, -0.2) is 81.3 Å². The summed E-state index contributed by atoms with van der Waals surface area (Å²) < 4.78 is 11.8. The molecule has 5 heteroatoms. The van der Waals surface area contributed by atoms with Crippen LogP contribution in [0.4, 0.5) is 0 Å². The van der Waals surface area contributed by atoms with E-state index in [0.717, 1.165) is 38.5 Å². The molecule has 2 saturated heterocycles. The lowest BCUT2D eigenvalue weighted by Gasteiger charge is -2.35. The van der Waals surface area contributed by atoms with Gasteiger partial charge in [0.25, 0.3) is 0 Å². The number of rotatable bonds is 4. The third-order valence-corrected chi connectivity index (χ3v) is 5.02. The monoisotopic (exact) mass is 295 g/mol. The van der Waals surface area contributed by atoms with E-state index in [1.165, 1.54) is 32.4 Å². The van der Waals surface area contributed by atoms with E-state index in [1.807, 2.05) is 7.11 Å². The number of nitrogens with zero attached hydrogens (tertiary/aromatic N) is 3. The van der Waals surface area contributed by atoms with Crippen LogP contribution >= 0.6 is 0 Å². The summed E-state index contributed by atoms with van der Waals surface area (Å²) in [5.41, 5.74) is 0.